The van der Waals surface area contributed by atoms with Crippen molar-refractivity contribution in [2.24, 2.45) is 5.73 Å². The number of carbonyl (C=O) groups is 2. The summed E-state index contributed by atoms with van der Waals surface area (Å²) in [7, 11) is 0. The van der Waals surface area contributed by atoms with E-state index in [9.17, 15) is 9.59 Å². The molecule has 0 atom stereocenters. The molecule has 0 aliphatic heterocycles. The molecule has 0 heterocycles. The summed E-state index contributed by atoms with van der Waals surface area (Å²) in [6, 6.07) is 12.5. The number of carboxylic acids is 1. The molecular formula is C14H15N3O3. The number of benzene rings is 2. The maximum atomic E-state index is 10.5. The fraction of sp³-hybridized carbons (Fsp3) is 0. The lowest BCUT2D eigenvalue weighted by molar-refractivity contribution is 0.0696. The van der Waals surface area contributed by atoms with Gasteiger partial charge in [0.25, 0.3) is 0 Å². The highest BCUT2D eigenvalue weighted by atomic mass is 16.4. The number of carboxylic acid groups (broad SMARTS) is 1. The molecule has 6 nitrogen and oxygen atoms in total. The van der Waals surface area contributed by atoms with Crippen molar-refractivity contribution in [3.8, 4) is 0 Å². The third-order valence-corrected chi connectivity index (χ3v) is 2.35. The van der Waals surface area contributed by atoms with Gasteiger partial charge in [0.15, 0.2) is 0 Å². The zero-order valence-electron chi connectivity index (χ0n) is 10.6. The molecule has 0 fully saturated rings. The Morgan fingerprint density at radius 1 is 0.750 bits per heavy atom. The van der Waals surface area contributed by atoms with E-state index >= 15 is 0 Å². The molecule has 0 radical (unpaired) electrons. The van der Waals surface area contributed by atoms with Gasteiger partial charge in [0.2, 0.25) is 5.91 Å². The van der Waals surface area contributed by atoms with Crippen LogP contribution in [0.3, 0.4) is 0 Å². The standard InChI is InChI=1S/C7H8N2O.C7H7NO2/c2*8-6-3-1-5(2-4-6)7(9)10/h1-4H,8H2,(H2,9,10);1-4H,8H2,(H,9,10). The van der Waals surface area contributed by atoms with Gasteiger partial charge >= 0.3 is 5.97 Å². The van der Waals surface area contributed by atoms with Gasteiger partial charge in [-0.25, -0.2) is 4.79 Å². The lowest BCUT2D eigenvalue weighted by Gasteiger charge is -1.93. The van der Waals surface area contributed by atoms with E-state index in [0.29, 0.717) is 16.9 Å². The van der Waals surface area contributed by atoms with Gasteiger partial charge in [-0.2, -0.15) is 0 Å². The van der Waals surface area contributed by atoms with E-state index in [1.54, 1.807) is 36.4 Å². The molecule has 0 saturated carbocycles. The molecule has 0 saturated heterocycles. The van der Waals surface area contributed by atoms with Crippen molar-refractivity contribution >= 4 is 23.3 Å². The number of hydrogen-bond acceptors (Lipinski definition) is 4. The van der Waals surface area contributed by atoms with Gasteiger partial charge in [-0.1, -0.05) is 0 Å². The van der Waals surface area contributed by atoms with Crippen LogP contribution < -0.4 is 17.2 Å². The van der Waals surface area contributed by atoms with Crippen molar-refractivity contribution in [3.63, 3.8) is 0 Å². The molecule has 104 valence electrons. The molecule has 2 rings (SSSR count). The Balaban J connectivity index is 0.000000200. The first-order chi connectivity index (χ1) is 9.40. The van der Waals surface area contributed by atoms with Crippen molar-refractivity contribution in [2.75, 3.05) is 11.5 Å². The van der Waals surface area contributed by atoms with E-state index in [4.69, 9.17) is 22.3 Å². The topological polar surface area (TPSA) is 132 Å². The average Bonchev–Trinajstić information content (AvgIpc) is 2.40. The van der Waals surface area contributed by atoms with Crippen molar-refractivity contribution in [1.29, 1.82) is 0 Å². The summed E-state index contributed by atoms with van der Waals surface area (Å²) in [5.74, 6) is -1.36. The highest BCUT2D eigenvalue weighted by molar-refractivity contribution is 5.93. The van der Waals surface area contributed by atoms with Crippen LogP contribution in [-0.2, 0) is 0 Å². The first-order valence-corrected chi connectivity index (χ1v) is 5.64. The molecular weight excluding hydrogens is 258 g/mol. The molecule has 20 heavy (non-hydrogen) atoms. The van der Waals surface area contributed by atoms with Crippen LogP contribution in [0.1, 0.15) is 20.7 Å². The number of primary amides is 1. The van der Waals surface area contributed by atoms with Gasteiger partial charge in [0.05, 0.1) is 5.56 Å². The van der Waals surface area contributed by atoms with Crippen LogP contribution in [0.15, 0.2) is 48.5 Å². The summed E-state index contributed by atoms with van der Waals surface area (Å²) in [4.78, 5) is 20.8. The Morgan fingerprint density at radius 3 is 1.40 bits per heavy atom. The summed E-state index contributed by atoms with van der Waals surface area (Å²) >= 11 is 0. The van der Waals surface area contributed by atoms with Crippen molar-refractivity contribution in [2.45, 2.75) is 0 Å². The van der Waals surface area contributed by atoms with Gasteiger partial charge in [-0.3, -0.25) is 4.79 Å². The Kier molecular flexibility index (Phi) is 5.11. The second-order valence-electron chi connectivity index (χ2n) is 3.91. The zero-order valence-corrected chi connectivity index (χ0v) is 10.6. The Hall–Kier alpha value is -3.02. The second kappa shape index (κ2) is 6.79. The van der Waals surface area contributed by atoms with Crippen LogP contribution in [0.5, 0.6) is 0 Å². The summed E-state index contributed by atoms with van der Waals surface area (Å²) < 4.78 is 0. The number of amides is 1. The minimum absolute atomic E-state index is 0.259. The SMILES string of the molecule is NC(=O)c1ccc(N)cc1.Nc1ccc(C(=O)O)cc1. The minimum atomic E-state index is -0.931. The number of aromatic carboxylic acids is 1. The molecule has 0 unspecified atom stereocenters. The van der Waals surface area contributed by atoms with Gasteiger partial charge in [-0.15, -0.1) is 0 Å². The highest BCUT2D eigenvalue weighted by Crippen LogP contribution is 2.04. The molecule has 7 N–H and O–H groups in total. The number of carbonyl (C=O) groups excluding carboxylic acids is 1. The molecule has 2 aromatic rings. The zero-order chi connectivity index (χ0) is 15.1. The Labute approximate surface area is 115 Å². The maximum absolute atomic E-state index is 10.5. The minimum Gasteiger partial charge on any atom is -0.478 e. The van der Waals surface area contributed by atoms with Gasteiger partial charge in [-0.05, 0) is 48.5 Å². The van der Waals surface area contributed by atoms with Crippen molar-refractivity contribution in [1.82, 2.24) is 0 Å². The number of anilines is 2. The third-order valence-electron chi connectivity index (χ3n) is 2.35. The smallest absolute Gasteiger partial charge is 0.335 e. The molecule has 0 bridgehead atoms. The largest absolute Gasteiger partial charge is 0.478 e. The predicted octanol–water partition coefficient (Wildman–Crippen LogP) is 1.33. The summed E-state index contributed by atoms with van der Waals surface area (Å²) in [5.41, 5.74) is 17.6. The number of rotatable bonds is 2. The molecule has 0 aromatic heterocycles. The summed E-state index contributed by atoms with van der Waals surface area (Å²) in [5, 5.41) is 8.43. The van der Waals surface area contributed by atoms with Crippen LogP contribution in [0, 0.1) is 0 Å². The quantitative estimate of drug-likeness (QED) is 0.613. The van der Waals surface area contributed by atoms with E-state index in [-0.39, 0.29) is 5.56 Å². The van der Waals surface area contributed by atoms with E-state index in [2.05, 4.69) is 0 Å². The predicted molar refractivity (Wildman–Crippen MR) is 77.2 cm³/mol. The normalized spacial score (nSPS) is 9.20. The van der Waals surface area contributed by atoms with Gasteiger partial charge in [0.1, 0.15) is 0 Å². The van der Waals surface area contributed by atoms with Gasteiger partial charge in [0, 0.05) is 16.9 Å². The second-order valence-corrected chi connectivity index (χ2v) is 3.91. The summed E-state index contributed by atoms with van der Waals surface area (Å²) in [6.45, 7) is 0. The molecule has 6 heteroatoms. The monoisotopic (exact) mass is 273 g/mol. The van der Waals surface area contributed by atoms with E-state index in [1.165, 1.54) is 12.1 Å². The Bertz CT molecular complexity index is 537. The number of nitrogen functional groups attached to an aromatic ring is 2. The van der Waals surface area contributed by atoms with E-state index in [1.807, 2.05) is 0 Å². The fourth-order valence-corrected chi connectivity index (χ4v) is 1.27. The fourth-order valence-electron chi connectivity index (χ4n) is 1.27. The molecule has 2 aromatic carbocycles. The Morgan fingerprint density at radius 2 is 1.10 bits per heavy atom. The molecule has 1 amide bonds. The lowest BCUT2D eigenvalue weighted by atomic mass is 10.2. The van der Waals surface area contributed by atoms with Gasteiger partial charge < -0.3 is 22.3 Å². The van der Waals surface area contributed by atoms with Crippen LogP contribution in [-0.4, -0.2) is 17.0 Å². The van der Waals surface area contributed by atoms with Crippen LogP contribution in [0.4, 0.5) is 11.4 Å². The van der Waals surface area contributed by atoms with Crippen molar-refractivity contribution < 1.29 is 14.7 Å². The van der Waals surface area contributed by atoms with E-state index < -0.39 is 11.9 Å². The first kappa shape index (κ1) is 15.0. The average molecular weight is 273 g/mol. The molecule has 0 spiro atoms. The molecule has 0 aliphatic carbocycles. The number of nitrogens with two attached hydrogens (primary N) is 3. The third kappa shape index (κ3) is 4.69. The van der Waals surface area contributed by atoms with E-state index in [0.717, 1.165) is 0 Å². The lowest BCUT2D eigenvalue weighted by Crippen LogP contribution is -2.10. The van der Waals surface area contributed by atoms with Crippen molar-refractivity contribution in [3.05, 3.63) is 59.7 Å². The summed E-state index contributed by atoms with van der Waals surface area (Å²) in [6.07, 6.45) is 0. The van der Waals surface area contributed by atoms with Crippen LogP contribution in [0.25, 0.3) is 0 Å². The van der Waals surface area contributed by atoms with Crippen LogP contribution >= 0.6 is 0 Å². The number of hydrogen-bond donors (Lipinski definition) is 4. The maximum Gasteiger partial charge on any atom is 0.335 e. The first-order valence-electron chi connectivity index (χ1n) is 5.64. The van der Waals surface area contributed by atoms with Crippen LogP contribution in [0.2, 0.25) is 0 Å². The molecule has 0 aliphatic rings. The highest BCUT2D eigenvalue weighted by Gasteiger charge is 1.98.